The molecular formula is C13H15N5O. The number of nitrogens with one attached hydrogen (secondary N) is 1. The molecule has 0 aliphatic rings. The van der Waals surface area contributed by atoms with E-state index in [4.69, 9.17) is 16.9 Å². The highest BCUT2D eigenvalue weighted by Crippen LogP contribution is 2.18. The van der Waals surface area contributed by atoms with Crippen molar-refractivity contribution in [1.82, 2.24) is 9.78 Å². The van der Waals surface area contributed by atoms with E-state index in [1.54, 1.807) is 29.2 Å². The molecule has 1 aromatic carbocycles. The van der Waals surface area contributed by atoms with Gasteiger partial charge in [-0.3, -0.25) is 14.9 Å². The van der Waals surface area contributed by atoms with Crippen LogP contribution >= 0.6 is 0 Å². The summed E-state index contributed by atoms with van der Waals surface area (Å²) >= 11 is 0. The third kappa shape index (κ3) is 2.47. The maximum absolute atomic E-state index is 11.2. The first-order valence-electron chi connectivity index (χ1n) is 5.84. The molecular weight excluding hydrogens is 242 g/mol. The van der Waals surface area contributed by atoms with Crippen molar-refractivity contribution < 1.29 is 4.79 Å². The Bertz CT molecular complexity index is 644. The molecule has 19 heavy (non-hydrogen) atoms. The number of hydrogen-bond acceptors (Lipinski definition) is 4. The summed E-state index contributed by atoms with van der Waals surface area (Å²) in [5.41, 5.74) is 13.2. The topological polar surface area (TPSA) is 111 Å². The molecule has 0 aliphatic heterocycles. The van der Waals surface area contributed by atoms with Gasteiger partial charge in [-0.25, -0.2) is 0 Å². The lowest BCUT2D eigenvalue weighted by Crippen LogP contribution is -2.13. The van der Waals surface area contributed by atoms with E-state index in [9.17, 15) is 4.79 Å². The lowest BCUT2D eigenvalue weighted by molar-refractivity contribution is 0.100. The van der Waals surface area contributed by atoms with E-state index in [2.05, 4.69) is 5.10 Å². The van der Waals surface area contributed by atoms with Crippen molar-refractivity contribution in [1.29, 1.82) is 5.41 Å². The highest BCUT2D eigenvalue weighted by Gasteiger charge is 2.12. The molecule has 2 aromatic rings. The molecule has 0 spiro atoms. The van der Waals surface area contributed by atoms with Crippen LogP contribution in [0.2, 0.25) is 0 Å². The van der Waals surface area contributed by atoms with E-state index < -0.39 is 5.91 Å². The standard InChI is InChI=1S/C13H15N5O/c1-2-18-7-9(6-17-18)12(15)10-5-8(13(16)19)3-4-11(10)14/h3-7,15H,2,14H2,1H3,(H2,16,19). The summed E-state index contributed by atoms with van der Waals surface area (Å²) < 4.78 is 1.72. The number of amides is 1. The van der Waals surface area contributed by atoms with Crippen LogP contribution in [-0.2, 0) is 6.54 Å². The number of nitrogens with zero attached hydrogens (tertiary/aromatic N) is 2. The lowest BCUT2D eigenvalue weighted by Gasteiger charge is -2.07. The minimum Gasteiger partial charge on any atom is -0.398 e. The van der Waals surface area contributed by atoms with Gasteiger partial charge in [-0.2, -0.15) is 5.10 Å². The maximum atomic E-state index is 11.2. The van der Waals surface area contributed by atoms with Crippen molar-refractivity contribution in [2.75, 3.05) is 5.73 Å². The van der Waals surface area contributed by atoms with E-state index in [1.807, 2.05) is 6.92 Å². The average molecular weight is 257 g/mol. The minimum absolute atomic E-state index is 0.223. The number of primary amides is 1. The summed E-state index contributed by atoms with van der Waals surface area (Å²) in [6.07, 6.45) is 3.36. The number of anilines is 1. The van der Waals surface area contributed by atoms with E-state index in [0.717, 1.165) is 6.54 Å². The molecule has 1 aromatic heterocycles. The van der Waals surface area contributed by atoms with Crippen molar-refractivity contribution in [3.8, 4) is 0 Å². The Labute approximate surface area is 110 Å². The van der Waals surface area contributed by atoms with Gasteiger partial charge in [0.2, 0.25) is 5.91 Å². The molecule has 0 atom stereocenters. The first-order chi connectivity index (χ1) is 9.02. The summed E-state index contributed by atoms with van der Waals surface area (Å²) in [7, 11) is 0. The Morgan fingerprint density at radius 1 is 1.42 bits per heavy atom. The molecule has 0 bridgehead atoms. The van der Waals surface area contributed by atoms with Gasteiger partial charge < -0.3 is 11.5 Å². The molecule has 0 aliphatic carbocycles. The van der Waals surface area contributed by atoms with Gasteiger partial charge >= 0.3 is 0 Å². The normalized spacial score (nSPS) is 10.4. The smallest absolute Gasteiger partial charge is 0.248 e. The summed E-state index contributed by atoms with van der Waals surface area (Å²) in [6, 6.07) is 4.65. The first-order valence-corrected chi connectivity index (χ1v) is 5.84. The van der Waals surface area contributed by atoms with Crippen LogP contribution in [0.4, 0.5) is 5.69 Å². The average Bonchev–Trinajstić information content (AvgIpc) is 2.87. The fraction of sp³-hybridized carbons (Fsp3) is 0.154. The van der Waals surface area contributed by atoms with Crippen LogP contribution in [0.1, 0.15) is 28.4 Å². The van der Waals surface area contributed by atoms with Crippen molar-refractivity contribution in [2.24, 2.45) is 5.73 Å². The summed E-state index contributed by atoms with van der Waals surface area (Å²) in [5.74, 6) is -0.543. The van der Waals surface area contributed by atoms with Crippen LogP contribution in [0.15, 0.2) is 30.6 Å². The van der Waals surface area contributed by atoms with Gasteiger partial charge in [0.05, 0.1) is 11.9 Å². The largest absolute Gasteiger partial charge is 0.398 e. The number of aromatic nitrogens is 2. The van der Waals surface area contributed by atoms with Gasteiger partial charge in [-0.05, 0) is 25.1 Å². The number of nitrogens with two attached hydrogens (primary N) is 2. The Kier molecular flexibility index (Phi) is 3.33. The van der Waals surface area contributed by atoms with E-state index in [0.29, 0.717) is 22.4 Å². The fourth-order valence-corrected chi connectivity index (χ4v) is 1.75. The van der Waals surface area contributed by atoms with Gasteiger partial charge in [-0.15, -0.1) is 0 Å². The third-order valence-electron chi connectivity index (χ3n) is 2.85. The predicted octanol–water partition coefficient (Wildman–Crippen LogP) is 1.00. The second-order valence-corrected chi connectivity index (χ2v) is 4.13. The number of rotatable bonds is 4. The van der Waals surface area contributed by atoms with Crippen molar-refractivity contribution in [2.45, 2.75) is 13.5 Å². The van der Waals surface area contributed by atoms with Crippen LogP contribution in [0.3, 0.4) is 0 Å². The van der Waals surface area contributed by atoms with Crippen molar-refractivity contribution in [3.63, 3.8) is 0 Å². The molecule has 98 valence electrons. The van der Waals surface area contributed by atoms with Gasteiger partial charge in [0.25, 0.3) is 0 Å². The van der Waals surface area contributed by atoms with Crippen LogP contribution in [0.25, 0.3) is 0 Å². The zero-order valence-electron chi connectivity index (χ0n) is 10.6. The van der Waals surface area contributed by atoms with Gasteiger partial charge in [-0.1, -0.05) is 0 Å². The Morgan fingerprint density at radius 2 is 2.16 bits per heavy atom. The van der Waals surface area contributed by atoms with Crippen LogP contribution in [-0.4, -0.2) is 21.4 Å². The molecule has 6 nitrogen and oxygen atoms in total. The van der Waals surface area contributed by atoms with E-state index in [1.165, 1.54) is 6.07 Å². The number of nitrogen functional groups attached to an aromatic ring is 1. The summed E-state index contributed by atoms with van der Waals surface area (Å²) in [6.45, 7) is 2.69. The second-order valence-electron chi connectivity index (χ2n) is 4.13. The molecule has 2 rings (SSSR count). The van der Waals surface area contributed by atoms with E-state index in [-0.39, 0.29) is 5.71 Å². The van der Waals surface area contributed by atoms with Crippen molar-refractivity contribution >= 4 is 17.3 Å². The van der Waals surface area contributed by atoms with Gasteiger partial charge in [0, 0.05) is 35.1 Å². The fourth-order valence-electron chi connectivity index (χ4n) is 1.75. The van der Waals surface area contributed by atoms with Crippen molar-refractivity contribution in [3.05, 3.63) is 47.3 Å². The molecule has 1 heterocycles. The molecule has 6 heteroatoms. The number of aryl methyl sites for hydroxylation is 1. The third-order valence-corrected chi connectivity index (χ3v) is 2.85. The zero-order chi connectivity index (χ0) is 14.0. The molecule has 1 amide bonds. The Morgan fingerprint density at radius 3 is 2.74 bits per heavy atom. The SMILES string of the molecule is CCn1cc(C(=N)c2cc(C(N)=O)ccc2N)cn1. The van der Waals surface area contributed by atoms with Crippen LogP contribution in [0.5, 0.6) is 0 Å². The number of carbonyl (C=O) groups excluding carboxylic acids is 1. The number of benzene rings is 1. The highest BCUT2D eigenvalue weighted by molar-refractivity contribution is 6.14. The number of carbonyl (C=O) groups is 1. The van der Waals surface area contributed by atoms with Crippen LogP contribution in [0, 0.1) is 5.41 Å². The maximum Gasteiger partial charge on any atom is 0.248 e. The lowest BCUT2D eigenvalue weighted by atomic mass is 10.0. The summed E-state index contributed by atoms with van der Waals surface area (Å²) in [4.78, 5) is 11.2. The molecule has 0 unspecified atom stereocenters. The van der Waals surface area contributed by atoms with Crippen LogP contribution < -0.4 is 11.5 Å². The summed E-state index contributed by atoms with van der Waals surface area (Å²) in [5, 5.41) is 12.3. The Hall–Kier alpha value is -2.63. The minimum atomic E-state index is -0.543. The first kappa shape index (κ1) is 12.8. The number of hydrogen-bond donors (Lipinski definition) is 3. The Balaban J connectivity index is 2.42. The van der Waals surface area contributed by atoms with Gasteiger partial charge in [0.15, 0.2) is 0 Å². The zero-order valence-corrected chi connectivity index (χ0v) is 10.6. The highest BCUT2D eigenvalue weighted by atomic mass is 16.1. The molecule has 0 radical (unpaired) electrons. The predicted molar refractivity (Wildman–Crippen MR) is 73.2 cm³/mol. The molecule has 0 saturated carbocycles. The second kappa shape index (κ2) is 4.93. The van der Waals surface area contributed by atoms with E-state index >= 15 is 0 Å². The monoisotopic (exact) mass is 257 g/mol. The quantitative estimate of drug-likeness (QED) is 0.561. The molecule has 5 N–H and O–H groups in total. The van der Waals surface area contributed by atoms with Gasteiger partial charge in [0.1, 0.15) is 0 Å². The molecule has 0 saturated heterocycles. The molecule has 0 fully saturated rings.